The first-order valence-corrected chi connectivity index (χ1v) is 19.9. The quantitative estimate of drug-likeness (QED) is 0.131. The number of aromatic nitrogens is 2. The molecular weight excluding hydrogens is 689 g/mol. The Bertz CT molecular complexity index is 3050. The smallest absolute Gasteiger partial charge is 0.0541 e. The van der Waals surface area contributed by atoms with Crippen LogP contribution in [0.2, 0.25) is 0 Å². The Hall–Kier alpha value is -6.64. The molecule has 0 atom stereocenters. The van der Waals surface area contributed by atoms with Gasteiger partial charge in [-0.05, 0) is 107 Å². The highest BCUT2D eigenvalue weighted by Gasteiger charge is 2.26. The van der Waals surface area contributed by atoms with E-state index >= 15 is 0 Å². The SMILES string of the molecule is C=Cc1ccc(C(C)(C)c2ccc3c(c2)c2ccccc2n3-c2cccc(-c3cccc(-n4c5ccccc5c5cc(C(C)(C)C(=C)C=CC)ccc54)c3)c2)cc1. The Morgan fingerprint density at radius 1 is 0.491 bits per heavy atom. The first-order chi connectivity index (χ1) is 27.6. The van der Waals surface area contributed by atoms with E-state index in [0.717, 1.165) is 22.5 Å². The number of rotatable bonds is 9. The normalized spacial score (nSPS) is 12.4. The third kappa shape index (κ3) is 5.95. The summed E-state index contributed by atoms with van der Waals surface area (Å²) < 4.78 is 4.83. The van der Waals surface area contributed by atoms with E-state index in [2.05, 4.69) is 227 Å². The molecule has 2 aromatic heterocycles. The van der Waals surface area contributed by atoms with Gasteiger partial charge in [-0.2, -0.15) is 0 Å². The van der Waals surface area contributed by atoms with E-state index < -0.39 is 0 Å². The van der Waals surface area contributed by atoms with Crippen LogP contribution in [0.5, 0.6) is 0 Å². The highest BCUT2D eigenvalue weighted by molar-refractivity contribution is 6.10. The summed E-state index contributed by atoms with van der Waals surface area (Å²) in [7, 11) is 0. The number of para-hydroxylation sites is 2. The van der Waals surface area contributed by atoms with Gasteiger partial charge in [-0.1, -0.05) is 156 Å². The van der Waals surface area contributed by atoms with Crippen LogP contribution in [0.25, 0.3) is 72.2 Å². The van der Waals surface area contributed by atoms with Crippen LogP contribution in [0, 0.1) is 0 Å². The molecule has 0 spiro atoms. The van der Waals surface area contributed by atoms with Gasteiger partial charge < -0.3 is 9.13 Å². The molecule has 0 bridgehead atoms. The van der Waals surface area contributed by atoms with Gasteiger partial charge in [0.05, 0.1) is 22.1 Å². The molecule has 9 rings (SSSR count). The third-order valence-corrected chi connectivity index (χ3v) is 12.4. The number of allylic oxidation sites excluding steroid dienone is 3. The fraction of sp³-hybridized carbons (Fsp3) is 0.127. The van der Waals surface area contributed by atoms with E-state index in [4.69, 9.17) is 0 Å². The number of fused-ring (bicyclic) bond motifs is 6. The molecule has 9 aromatic rings. The molecule has 0 fully saturated rings. The molecule has 7 aromatic carbocycles. The van der Waals surface area contributed by atoms with Crippen molar-refractivity contribution in [2.75, 3.05) is 0 Å². The fourth-order valence-corrected chi connectivity index (χ4v) is 8.73. The molecule has 0 N–H and O–H groups in total. The number of benzene rings is 7. The van der Waals surface area contributed by atoms with Gasteiger partial charge in [-0.25, -0.2) is 0 Å². The minimum absolute atomic E-state index is 0.168. The van der Waals surface area contributed by atoms with E-state index in [0.29, 0.717) is 0 Å². The van der Waals surface area contributed by atoms with Gasteiger partial charge in [0, 0.05) is 43.7 Å². The summed E-state index contributed by atoms with van der Waals surface area (Å²) in [5.41, 5.74) is 15.1. The molecular formula is C55H48N2. The van der Waals surface area contributed by atoms with Crippen LogP contribution in [0.15, 0.2) is 189 Å². The zero-order chi connectivity index (χ0) is 39.5. The lowest BCUT2D eigenvalue weighted by Gasteiger charge is -2.26. The van der Waals surface area contributed by atoms with Crippen molar-refractivity contribution in [3.8, 4) is 22.5 Å². The first-order valence-electron chi connectivity index (χ1n) is 19.9. The molecule has 2 heteroatoms. The minimum atomic E-state index is -0.192. The maximum absolute atomic E-state index is 4.41. The first kappa shape index (κ1) is 36.0. The molecule has 0 aliphatic rings. The largest absolute Gasteiger partial charge is 0.309 e. The van der Waals surface area contributed by atoms with Crippen LogP contribution in [0.3, 0.4) is 0 Å². The van der Waals surface area contributed by atoms with Gasteiger partial charge in [-0.15, -0.1) is 0 Å². The second-order valence-corrected chi connectivity index (χ2v) is 16.4. The van der Waals surface area contributed by atoms with E-state index in [1.54, 1.807) is 0 Å². The van der Waals surface area contributed by atoms with Gasteiger partial charge in [-0.3, -0.25) is 0 Å². The lowest BCUT2D eigenvalue weighted by atomic mass is 9.77. The molecule has 0 saturated heterocycles. The van der Waals surface area contributed by atoms with E-state index in [-0.39, 0.29) is 10.8 Å². The molecule has 57 heavy (non-hydrogen) atoms. The van der Waals surface area contributed by atoms with Gasteiger partial charge in [0.25, 0.3) is 0 Å². The third-order valence-electron chi connectivity index (χ3n) is 12.4. The van der Waals surface area contributed by atoms with E-state index in [9.17, 15) is 0 Å². The predicted molar refractivity (Wildman–Crippen MR) is 246 cm³/mol. The molecule has 2 nitrogen and oxygen atoms in total. The van der Waals surface area contributed by atoms with Crippen molar-refractivity contribution in [2.24, 2.45) is 0 Å². The van der Waals surface area contributed by atoms with Crippen LogP contribution < -0.4 is 0 Å². The molecule has 0 aliphatic carbocycles. The Balaban J connectivity index is 1.14. The van der Waals surface area contributed by atoms with Crippen LogP contribution in [0.1, 0.15) is 56.9 Å². The van der Waals surface area contributed by atoms with Gasteiger partial charge in [0.2, 0.25) is 0 Å². The lowest BCUT2D eigenvalue weighted by Crippen LogP contribution is -2.18. The fourth-order valence-electron chi connectivity index (χ4n) is 8.73. The molecule has 0 unspecified atom stereocenters. The second kappa shape index (κ2) is 13.8. The summed E-state index contributed by atoms with van der Waals surface area (Å²) in [4.78, 5) is 0. The molecule has 0 radical (unpaired) electrons. The van der Waals surface area contributed by atoms with Gasteiger partial charge in [0.15, 0.2) is 0 Å². The van der Waals surface area contributed by atoms with Crippen molar-refractivity contribution >= 4 is 49.7 Å². The molecule has 0 aliphatic heterocycles. The van der Waals surface area contributed by atoms with Crippen molar-refractivity contribution in [2.45, 2.75) is 45.4 Å². The Labute approximate surface area is 336 Å². The highest BCUT2D eigenvalue weighted by atomic mass is 15.0. The summed E-state index contributed by atoms with van der Waals surface area (Å²) in [6.07, 6.45) is 6.09. The van der Waals surface area contributed by atoms with E-state index in [1.807, 2.05) is 6.08 Å². The molecule has 2 heterocycles. The van der Waals surface area contributed by atoms with Crippen LogP contribution >= 0.6 is 0 Å². The average molecular weight is 737 g/mol. The van der Waals surface area contributed by atoms with Crippen molar-refractivity contribution in [1.82, 2.24) is 9.13 Å². The minimum Gasteiger partial charge on any atom is -0.309 e. The van der Waals surface area contributed by atoms with Crippen molar-refractivity contribution < 1.29 is 0 Å². The average Bonchev–Trinajstić information content (AvgIpc) is 3.76. The summed E-state index contributed by atoms with van der Waals surface area (Å²) in [6, 6.07) is 58.2. The van der Waals surface area contributed by atoms with Crippen molar-refractivity contribution in [1.29, 1.82) is 0 Å². The van der Waals surface area contributed by atoms with Gasteiger partial charge in [0.1, 0.15) is 0 Å². The maximum Gasteiger partial charge on any atom is 0.0541 e. The monoisotopic (exact) mass is 736 g/mol. The zero-order valence-corrected chi connectivity index (χ0v) is 33.6. The molecule has 0 saturated carbocycles. The Morgan fingerprint density at radius 2 is 0.965 bits per heavy atom. The molecule has 0 amide bonds. The topological polar surface area (TPSA) is 9.86 Å². The Morgan fingerprint density at radius 3 is 1.49 bits per heavy atom. The predicted octanol–water partition coefficient (Wildman–Crippen LogP) is 14.9. The van der Waals surface area contributed by atoms with Crippen molar-refractivity contribution in [3.63, 3.8) is 0 Å². The van der Waals surface area contributed by atoms with E-state index in [1.165, 1.54) is 71.4 Å². The van der Waals surface area contributed by atoms with Gasteiger partial charge >= 0.3 is 0 Å². The summed E-state index contributed by atoms with van der Waals surface area (Å²) in [5.74, 6) is 0. The maximum atomic E-state index is 4.41. The molecule has 278 valence electrons. The lowest BCUT2D eigenvalue weighted by molar-refractivity contribution is 0.642. The standard InChI is InChI=1S/C55H48N2/c1-8-16-37(3)54(4,5)42-29-31-52-48(35-42)46-21-10-12-23-50(46)56(52)44-19-14-17-39(33-44)40-18-15-20-45(34-40)57-51-24-13-11-22-47(51)49-36-43(30-32-53(49)57)55(6,7)41-27-25-38(9-2)26-28-41/h8-36H,2-3H2,1,4-7H3. The summed E-state index contributed by atoms with van der Waals surface area (Å²) in [6.45, 7) is 19.5. The second-order valence-electron chi connectivity index (χ2n) is 16.4. The van der Waals surface area contributed by atoms with Crippen LogP contribution in [0.4, 0.5) is 0 Å². The van der Waals surface area contributed by atoms with Crippen LogP contribution in [-0.2, 0) is 10.8 Å². The summed E-state index contributed by atoms with van der Waals surface area (Å²) in [5, 5.41) is 5.01. The zero-order valence-electron chi connectivity index (χ0n) is 33.6. The highest BCUT2D eigenvalue weighted by Crippen LogP contribution is 2.40. The van der Waals surface area contributed by atoms with Crippen molar-refractivity contribution in [3.05, 3.63) is 211 Å². The summed E-state index contributed by atoms with van der Waals surface area (Å²) >= 11 is 0. The Kier molecular flexibility index (Phi) is 8.74. The van der Waals surface area contributed by atoms with Crippen LogP contribution in [-0.4, -0.2) is 9.13 Å². The number of hydrogen-bond donors (Lipinski definition) is 0. The number of nitrogens with zero attached hydrogens (tertiary/aromatic N) is 2. The number of hydrogen-bond acceptors (Lipinski definition) is 0.